The van der Waals surface area contributed by atoms with Crippen LogP contribution in [0.25, 0.3) is 0 Å². The fraction of sp³-hybridized carbons (Fsp3) is 0.909. The van der Waals surface area contributed by atoms with Crippen LogP contribution >= 0.6 is 11.8 Å². The number of amides is 1. The van der Waals surface area contributed by atoms with Crippen molar-refractivity contribution in [3.8, 4) is 0 Å². The summed E-state index contributed by atoms with van der Waals surface area (Å²) < 4.78 is 0. The predicted octanol–water partition coefficient (Wildman–Crippen LogP) is 0.311. The van der Waals surface area contributed by atoms with Gasteiger partial charge in [0.2, 0.25) is 0 Å². The van der Waals surface area contributed by atoms with Crippen molar-refractivity contribution < 1.29 is 9.90 Å². The molecule has 0 radical (unpaired) electrons. The molecular weight excluding hydrogens is 224 g/mol. The molecule has 1 fully saturated rings. The summed E-state index contributed by atoms with van der Waals surface area (Å²) in [5, 5.41) is 12.9. The standard InChI is InChI=1S/C11H22N2O2S/c1-10(2,13(3)4)7-12-9(14)11(15)5-6-16-8-11/h15H,5-8H2,1-4H3,(H,12,14). The van der Waals surface area contributed by atoms with Crippen molar-refractivity contribution in [2.24, 2.45) is 0 Å². The van der Waals surface area contributed by atoms with E-state index < -0.39 is 5.60 Å². The largest absolute Gasteiger partial charge is 0.379 e. The summed E-state index contributed by atoms with van der Waals surface area (Å²) in [6, 6.07) is 0. The van der Waals surface area contributed by atoms with Crippen molar-refractivity contribution in [2.75, 3.05) is 32.1 Å². The highest BCUT2D eigenvalue weighted by atomic mass is 32.2. The van der Waals surface area contributed by atoms with E-state index in [9.17, 15) is 9.90 Å². The van der Waals surface area contributed by atoms with E-state index in [2.05, 4.69) is 24.1 Å². The van der Waals surface area contributed by atoms with Gasteiger partial charge in [0.05, 0.1) is 0 Å². The van der Waals surface area contributed by atoms with E-state index in [1.807, 2.05) is 14.1 Å². The minimum atomic E-state index is -1.15. The second-order valence-electron chi connectivity index (χ2n) is 5.22. The molecule has 0 aromatic carbocycles. The Balaban J connectivity index is 2.47. The second-order valence-corrected chi connectivity index (χ2v) is 6.33. The van der Waals surface area contributed by atoms with Crippen molar-refractivity contribution in [1.29, 1.82) is 0 Å². The smallest absolute Gasteiger partial charge is 0.252 e. The first-order chi connectivity index (χ1) is 7.28. The molecule has 0 bridgehead atoms. The maximum Gasteiger partial charge on any atom is 0.252 e. The van der Waals surface area contributed by atoms with Gasteiger partial charge >= 0.3 is 0 Å². The SMILES string of the molecule is CN(C)C(C)(C)CNC(=O)C1(O)CCSC1. The van der Waals surface area contributed by atoms with Crippen LogP contribution in [0.5, 0.6) is 0 Å². The van der Waals surface area contributed by atoms with Gasteiger partial charge in [-0.1, -0.05) is 0 Å². The van der Waals surface area contributed by atoms with Crippen molar-refractivity contribution >= 4 is 17.7 Å². The first-order valence-electron chi connectivity index (χ1n) is 5.54. The van der Waals surface area contributed by atoms with E-state index >= 15 is 0 Å². The highest BCUT2D eigenvalue weighted by Crippen LogP contribution is 2.27. The van der Waals surface area contributed by atoms with Crippen LogP contribution in [0.1, 0.15) is 20.3 Å². The van der Waals surface area contributed by atoms with Gasteiger partial charge < -0.3 is 15.3 Å². The van der Waals surface area contributed by atoms with Crippen LogP contribution in [0, 0.1) is 0 Å². The fourth-order valence-corrected chi connectivity index (χ4v) is 2.59. The lowest BCUT2D eigenvalue weighted by atomic mass is 10.0. The molecule has 0 aromatic heterocycles. The zero-order valence-electron chi connectivity index (χ0n) is 10.5. The van der Waals surface area contributed by atoms with Gasteiger partial charge in [-0.05, 0) is 40.1 Å². The van der Waals surface area contributed by atoms with Crippen LogP contribution in [-0.2, 0) is 4.79 Å². The molecule has 94 valence electrons. The average Bonchev–Trinajstić information content (AvgIpc) is 2.62. The summed E-state index contributed by atoms with van der Waals surface area (Å²) in [6.07, 6.45) is 0.561. The van der Waals surface area contributed by atoms with Gasteiger partial charge in [0, 0.05) is 17.8 Å². The molecule has 1 unspecified atom stereocenters. The van der Waals surface area contributed by atoms with Crippen LogP contribution in [0.15, 0.2) is 0 Å². The lowest BCUT2D eigenvalue weighted by Crippen LogP contribution is -2.54. The zero-order chi connectivity index (χ0) is 12.4. The Morgan fingerprint density at radius 2 is 2.19 bits per heavy atom. The highest BCUT2D eigenvalue weighted by Gasteiger charge is 2.39. The van der Waals surface area contributed by atoms with Crippen molar-refractivity contribution in [3.05, 3.63) is 0 Å². The summed E-state index contributed by atoms with van der Waals surface area (Å²) >= 11 is 1.63. The monoisotopic (exact) mass is 246 g/mol. The summed E-state index contributed by atoms with van der Waals surface area (Å²) in [5.41, 5.74) is -1.25. The van der Waals surface area contributed by atoms with E-state index in [1.54, 1.807) is 11.8 Å². The Morgan fingerprint density at radius 1 is 1.56 bits per heavy atom. The lowest BCUT2D eigenvalue weighted by Gasteiger charge is -2.33. The third-order valence-electron chi connectivity index (χ3n) is 3.32. The molecule has 1 heterocycles. The Kier molecular flexibility index (Phi) is 4.26. The number of rotatable bonds is 4. The maximum absolute atomic E-state index is 11.8. The van der Waals surface area contributed by atoms with Crippen LogP contribution in [0.4, 0.5) is 0 Å². The maximum atomic E-state index is 11.8. The molecule has 1 saturated heterocycles. The number of hydrogen-bond acceptors (Lipinski definition) is 4. The molecule has 0 saturated carbocycles. The van der Waals surface area contributed by atoms with Gasteiger partial charge in [0.15, 0.2) is 5.60 Å². The number of thioether (sulfide) groups is 1. The Morgan fingerprint density at radius 3 is 2.62 bits per heavy atom. The second kappa shape index (κ2) is 4.94. The number of aliphatic hydroxyl groups is 1. The average molecular weight is 246 g/mol. The summed E-state index contributed by atoms with van der Waals surface area (Å²) in [4.78, 5) is 13.9. The molecule has 1 rings (SSSR count). The molecule has 16 heavy (non-hydrogen) atoms. The van der Waals surface area contributed by atoms with E-state index in [1.165, 1.54) is 0 Å². The number of likely N-dealkylation sites (N-methyl/N-ethyl adjacent to an activating group) is 1. The Labute approximate surface area is 102 Å². The molecule has 1 atom stereocenters. The highest BCUT2D eigenvalue weighted by molar-refractivity contribution is 7.99. The molecule has 0 aliphatic carbocycles. The van der Waals surface area contributed by atoms with Crippen molar-refractivity contribution in [2.45, 2.75) is 31.4 Å². The molecule has 1 aliphatic heterocycles. The fourth-order valence-electron chi connectivity index (χ4n) is 1.35. The van der Waals surface area contributed by atoms with Crippen LogP contribution in [-0.4, -0.2) is 59.2 Å². The number of carbonyl (C=O) groups excluding carboxylic acids is 1. The van der Waals surface area contributed by atoms with E-state index in [-0.39, 0.29) is 11.4 Å². The van der Waals surface area contributed by atoms with E-state index in [4.69, 9.17) is 0 Å². The molecule has 2 N–H and O–H groups in total. The minimum absolute atomic E-state index is 0.0994. The third-order valence-corrected chi connectivity index (χ3v) is 4.49. The normalized spacial score (nSPS) is 26.1. The number of hydrogen-bond donors (Lipinski definition) is 2. The van der Waals surface area contributed by atoms with Crippen molar-refractivity contribution in [3.63, 3.8) is 0 Å². The molecule has 1 amide bonds. The Bertz CT molecular complexity index is 261. The van der Waals surface area contributed by atoms with Crippen molar-refractivity contribution in [1.82, 2.24) is 10.2 Å². The third kappa shape index (κ3) is 3.12. The zero-order valence-corrected chi connectivity index (χ0v) is 11.4. The van der Waals surface area contributed by atoms with Gasteiger partial charge in [-0.15, -0.1) is 0 Å². The van der Waals surface area contributed by atoms with E-state index in [0.29, 0.717) is 18.7 Å². The number of nitrogens with one attached hydrogen (secondary N) is 1. The number of nitrogens with zero attached hydrogens (tertiary/aromatic N) is 1. The first kappa shape index (κ1) is 13.8. The summed E-state index contributed by atoms with van der Waals surface area (Å²) in [7, 11) is 3.96. The summed E-state index contributed by atoms with van der Waals surface area (Å²) in [5.74, 6) is 1.15. The quantitative estimate of drug-likeness (QED) is 0.750. The molecule has 5 heteroatoms. The molecule has 0 aromatic rings. The minimum Gasteiger partial charge on any atom is -0.379 e. The van der Waals surface area contributed by atoms with Gasteiger partial charge in [0.1, 0.15) is 0 Å². The van der Waals surface area contributed by atoms with Gasteiger partial charge in [-0.25, -0.2) is 0 Å². The first-order valence-corrected chi connectivity index (χ1v) is 6.69. The van der Waals surface area contributed by atoms with Crippen LogP contribution in [0.2, 0.25) is 0 Å². The van der Waals surface area contributed by atoms with Gasteiger partial charge in [-0.2, -0.15) is 11.8 Å². The molecular formula is C11H22N2O2S. The topological polar surface area (TPSA) is 52.6 Å². The molecule has 0 spiro atoms. The van der Waals surface area contributed by atoms with Crippen LogP contribution < -0.4 is 5.32 Å². The van der Waals surface area contributed by atoms with Crippen LogP contribution in [0.3, 0.4) is 0 Å². The van der Waals surface area contributed by atoms with Gasteiger partial charge in [0.25, 0.3) is 5.91 Å². The summed E-state index contributed by atoms with van der Waals surface area (Å²) in [6.45, 7) is 4.66. The number of carbonyl (C=O) groups is 1. The lowest BCUT2D eigenvalue weighted by molar-refractivity contribution is -0.137. The molecule has 4 nitrogen and oxygen atoms in total. The van der Waals surface area contributed by atoms with E-state index in [0.717, 1.165) is 5.75 Å². The molecule has 1 aliphatic rings. The van der Waals surface area contributed by atoms with Gasteiger partial charge in [-0.3, -0.25) is 4.79 Å². The predicted molar refractivity (Wildman–Crippen MR) is 67.7 cm³/mol. The Hall–Kier alpha value is -0.260.